The zero-order valence-corrected chi connectivity index (χ0v) is 8.89. The molecule has 0 fully saturated rings. The number of ether oxygens (including phenoxy) is 1. The summed E-state index contributed by atoms with van der Waals surface area (Å²) in [4.78, 5) is 32.3. The Morgan fingerprint density at radius 3 is 2.31 bits per heavy atom. The summed E-state index contributed by atoms with van der Waals surface area (Å²) in [6, 6.07) is -2.31. The molecule has 0 aliphatic rings. The number of methoxy groups -OCH3 is 1. The molecule has 2 amide bonds. The molecule has 0 aromatic rings. The van der Waals surface area contributed by atoms with E-state index in [2.05, 4.69) is 10.1 Å². The van der Waals surface area contributed by atoms with Gasteiger partial charge in [-0.3, -0.25) is 4.79 Å². The van der Waals surface area contributed by atoms with Crippen LogP contribution in [0.1, 0.15) is 6.92 Å². The quantitative estimate of drug-likeness (QED) is 0.420. The van der Waals surface area contributed by atoms with Gasteiger partial charge >= 0.3 is 18.0 Å². The summed E-state index contributed by atoms with van der Waals surface area (Å²) >= 11 is 0. The Morgan fingerprint density at radius 2 is 1.94 bits per heavy atom. The van der Waals surface area contributed by atoms with Crippen molar-refractivity contribution in [2.24, 2.45) is 0 Å². The van der Waals surface area contributed by atoms with Crippen LogP contribution in [0.4, 0.5) is 4.79 Å². The lowest BCUT2D eigenvalue weighted by molar-refractivity contribution is -0.141. The normalized spacial score (nSPS) is 13.4. The summed E-state index contributed by atoms with van der Waals surface area (Å²) < 4.78 is 4.25. The number of nitrogens with one attached hydrogen (secondary N) is 2. The number of aliphatic hydroxyl groups excluding tert-OH is 1. The highest BCUT2D eigenvalue weighted by Crippen LogP contribution is 1.92. The van der Waals surface area contributed by atoms with Crippen LogP contribution in [-0.2, 0) is 14.3 Å². The van der Waals surface area contributed by atoms with Crippen molar-refractivity contribution < 1.29 is 29.3 Å². The molecule has 0 saturated carbocycles. The molecule has 0 aromatic carbocycles. The highest BCUT2D eigenvalue weighted by atomic mass is 16.5. The van der Waals surface area contributed by atoms with Crippen molar-refractivity contribution in [2.45, 2.75) is 19.1 Å². The molecule has 92 valence electrons. The highest BCUT2D eigenvalue weighted by Gasteiger charge is 2.24. The van der Waals surface area contributed by atoms with Gasteiger partial charge in [-0.1, -0.05) is 0 Å². The SMILES string of the molecule is COC(=O)CNC(=O)NC(C(=O)O)C(C)O. The zero-order chi connectivity index (χ0) is 12.7. The Bertz CT molecular complexity index is 278. The first-order chi connectivity index (χ1) is 7.38. The number of hydrogen-bond acceptors (Lipinski definition) is 5. The Kier molecular flexibility index (Phi) is 5.86. The van der Waals surface area contributed by atoms with E-state index in [4.69, 9.17) is 10.2 Å². The minimum Gasteiger partial charge on any atom is -0.480 e. The van der Waals surface area contributed by atoms with Gasteiger partial charge in [0.2, 0.25) is 0 Å². The van der Waals surface area contributed by atoms with E-state index in [0.29, 0.717) is 0 Å². The average molecular weight is 234 g/mol. The predicted octanol–water partition coefficient (Wildman–Crippen LogP) is -1.71. The number of amides is 2. The largest absolute Gasteiger partial charge is 0.480 e. The fourth-order valence-corrected chi connectivity index (χ4v) is 0.806. The number of hydrogen-bond donors (Lipinski definition) is 4. The van der Waals surface area contributed by atoms with Crippen LogP contribution in [-0.4, -0.2) is 54.0 Å². The first-order valence-corrected chi connectivity index (χ1v) is 4.40. The van der Waals surface area contributed by atoms with Gasteiger partial charge in [0.1, 0.15) is 6.54 Å². The maximum Gasteiger partial charge on any atom is 0.328 e. The number of aliphatic hydroxyl groups is 1. The molecular formula is C8H14N2O6. The molecule has 0 aliphatic heterocycles. The van der Waals surface area contributed by atoms with E-state index in [1.165, 1.54) is 6.92 Å². The van der Waals surface area contributed by atoms with Gasteiger partial charge in [0.15, 0.2) is 6.04 Å². The third-order valence-corrected chi connectivity index (χ3v) is 1.66. The third-order valence-electron chi connectivity index (χ3n) is 1.66. The van der Waals surface area contributed by atoms with E-state index < -0.39 is 30.1 Å². The van der Waals surface area contributed by atoms with Gasteiger partial charge in [-0.2, -0.15) is 0 Å². The molecular weight excluding hydrogens is 220 g/mol. The Hall–Kier alpha value is -1.83. The van der Waals surface area contributed by atoms with Crippen molar-refractivity contribution >= 4 is 18.0 Å². The molecule has 0 saturated heterocycles. The van der Waals surface area contributed by atoms with Gasteiger partial charge in [0, 0.05) is 0 Å². The molecule has 0 bridgehead atoms. The molecule has 0 aliphatic carbocycles. The average Bonchev–Trinajstić information content (AvgIpc) is 2.21. The van der Waals surface area contributed by atoms with Gasteiger partial charge in [0.25, 0.3) is 0 Å². The summed E-state index contributed by atoms with van der Waals surface area (Å²) in [6.45, 7) is 0.841. The number of carboxylic acid groups (broad SMARTS) is 1. The summed E-state index contributed by atoms with van der Waals surface area (Å²) in [7, 11) is 1.15. The van der Waals surface area contributed by atoms with Crippen LogP contribution in [0.2, 0.25) is 0 Å². The maximum absolute atomic E-state index is 11.1. The molecule has 0 radical (unpaired) electrons. The standard InChI is InChI=1S/C8H14N2O6/c1-4(11)6(7(13)14)10-8(15)9-3-5(12)16-2/h4,6,11H,3H2,1-2H3,(H,13,14)(H2,9,10,15). The smallest absolute Gasteiger partial charge is 0.328 e. The van der Waals surface area contributed by atoms with Crippen molar-refractivity contribution in [3.63, 3.8) is 0 Å². The summed E-state index contributed by atoms with van der Waals surface area (Å²) in [6.07, 6.45) is -1.25. The number of urea groups is 1. The van der Waals surface area contributed by atoms with E-state index in [-0.39, 0.29) is 6.54 Å². The van der Waals surface area contributed by atoms with Crippen LogP contribution >= 0.6 is 0 Å². The van der Waals surface area contributed by atoms with Crippen LogP contribution in [0.15, 0.2) is 0 Å². The number of carbonyl (C=O) groups is 3. The van der Waals surface area contributed by atoms with Crippen LogP contribution in [0, 0.1) is 0 Å². The van der Waals surface area contributed by atoms with Crippen molar-refractivity contribution in [2.75, 3.05) is 13.7 Å². The van der Waals surface area contributed by atoms with E-state index >= 15 is 0 Å². The Balaban J connectivity index is 4.11. The maximum atomic E-state index is 11.1. The molecule has 8 heteroatoms. The number of carbonyl (C=O) groups excluding carboxylic acids is 2. The van der Waals surface area contributed by atoms with Crippen molar-refractivity contribution in [3.05, 3.63) is 0 Å². The van der Waals surface area contributed by atoms with Crippen LogP contribution < -0.4 is 10.6 Å². The van der Waals surface area contributed by atoms with E-state index in [9.17, 15) is 14.4 Å². The molecule has 2 atom stereocenters. The molecule has 8 nitrogen and oxygen atoms in total. The van der Waals surface area contributed by atoms with E-state index in [0.717, 1.165) is 7.11 Å². The molecule has 0 heterocycles. The van der Waals surface area contributed by atoms with Crippen molar-refractivity contribution in [1.29, 1.82) is 0 Å². The number of rotatable bonds is 5. The number of carboxylic acids is 1. The first kappa shape index (κ1) is 14.2. The first-order valence-electron chi connectivity index (χ1n) is 4.40. The van der Waals surface area contributed by atoms with Gasteiger partial charge in [-0.05, 0) is 6.92 Å². The Labute approximate surface area is 91.6 Å². The molecule has 4 N–H and O–H groups in total. The summed E-state index contributed by atoms with van der Waals surface area (Å²) in [5.41, 5.74) is 0. The topological polar surface area (TPSA) is 125 Å². The second-order valence-electron chi connectivity index (χ2n) is 2.96. The molecule has 0 spiro atoms. The minimum absolute atomic E-state index is 0.380. The molecule has 16 heavy (non-hydrogen) atoms. The summed E-state index contributed by atoms with van der Waals surface area (Å²) in [5, 5.41) is 21.7. The predicted molar refractivity (Wildman–Crippen MR) is 51.7 cm³/mol. The van der Waals surface area contributed by atoms with Crippen LogP contribution in [0.3, 0.4) is 0 Å². The molecule has 0 rings (SSSR count). The second-order valence-corrected chi connectivity index (χ2v) is 2.96. The summed E-state index contributed by atoms with van der Waals surface area (Å²) in [5.74, 6) is -2.04. The highest BCUT2D eigenvalue weighted by molar-refractivity contribution is 5.85. The zero-order valence-electron chi connectivity index (χ0n) is 8.89. The number of aliphatic carboxylic acids is 1. The van der Waals surface area contributed by atoms with E-state index in [1.807, 2.05) is 5.32 Å². The lowest BCUT2D eigenvalue weighted by atomic mass is 10.2. The Morgan fingerprint density at radius 1 is 1.38 bits per heavy atom. The van der Waals surface area contributed by atoms with Gasteiger partial charge in [-0.25, -0.2) is 9.59 Å². The number of esters is 1. The molecule has 2 unspecified atom stereocenters. The fraction of sp³-hybridized carbons (Fsp3) is 0.625. The van der Waals surface area contributed by atoms with Crippen molar-refractivity contribution in [1.82, 2.24) is 10.6 Å². The van der Waals surface area contributed by atoms with Gasteiger partial charge in [-0.15, -0.1) is 0 Å². The fourth-order valence-electron chi connectivity index (χ4n) is 0.806. The van der Waals surface area contributed by atoms with Gasteiger partial charge < -0.3 is 25.6 Å². The lowest BCUT2D eigenvalue weighted by Crippen LogP contribution is -2.51. The lowest BCUT2D eigenvalue weighted by Gasteiger charge is -2.16. The van der Waals surface area contributed by atoms with Gasteiger partial charge in [0.05, 0.1) is 13.2 Å². The third kappa shape index (κ3) is 5.15. The van der Waals surface area contributed by atoms with Crippen LogP contribution in [0.5, 0.6) is 0 Å². The van der Waals surface area contributed by atoms with E-state index in [1.54, 1.807) is 0 Å². The molecule has 0 aromatic heterocycles. The van der Waals surface area contributed by atoms with Crippen LogP contribution in [0.25, 0.3) is 0 Å². The minimum atomic E-state index is -1.43. The van der Waals surface area contributed by atoms with Crippen molar-refractivity contribution in [3.8, 4) is 0 Å². The monoisotopic (exact) mass is 234 g/mol. The second kappa shape index (κ2) is 6.62.